The number of hydrogen-bond donors (Lipinski definition) is 1. The molecule has 0 atom stereocenters. The first kappa shape index (κ1) is 13.6. The van der Waals surface area contributed by atoms with Crippen LogP contribution in [0.2, 0.25) is 0 Å². The average molecular weight is 276 g/mol. The maximum Gasteiger partial charge on any atom is 0.147 e. The van der Waals surface area contributed by atoms with Crippen molar-refractivity contribution in [3.63, 3.8) is 0 Å². The molecule has 2 nitrogen and oxygen atoms in total. The van der Waals surface area contributed by atoms with Gasteiger partial charge in [0, 0.05) is 11.3 Å². The van der Waals surface area contributed by atoms with Crippen molar-refractivity contribution in [2.45, 2.75) is 11.3 Å². The molecule has 0 spiro atoms. The molecule has 1 N–H and O–H groups in total. The third kappa shape index (κ3) is 4.41. The average Bonchev–Trinajstić information content (AvgIpc) is 2.41. The second-order valence-electron chi connectivity index (χ2n) is 4.12. The van der Waals surface area contributed by atoms with E-state index in [2.05, 4.69) is 0 Å². The first-order valence-corrected chi connectivity index (χ1v) is 6.80. The van der Waals surface area contributed by atoms with Gasteiger partial charge in [0.05, 0.1) is 5.75 Å². The number of Topliss-reactive ketones (excluding diaryl/α,β-unsaturated/α-hetero) is 1. The van der Waals surface area contributed by atoms with Crippen molar-refractivity contribution in [3.8, 4) is 5.75 Å². The third-order valence-corrected chi connectivity index (χ3v) is 3.62. The minimum Gasteiger partial charge on any atom is -0.508 e. The summed E-state index contributed by atoms with van der Waals surface area (Å²) in [6, 6.07) is 12.7. The van der Waals surface area contributed by atoms with Gasteiger partial charge in [-0.1, -0.05) is 12.1 Å². The zero-order chi connectivity index (χ0) is 13.7. The lowest BCUT2D eigenvalue weighted by Gasteiger charge is -2.02. The molecule has 0 aliphatic carbocycles. The van der Waals surface area contributed by atoms with Gasteiger partial charge in [0.2, 0.25) is 0 Å². The lowest BCUT2D eigenvalue weighted by Crippen LogP contribution is -2.05. The van der Waals surface area contributed by atoms with E-state index in [0.29, 0.717) is 12.2 Å². The molecule has 0 unspecified atom stereocenters. The molecule has 0 bridgehead atoms. The van der Waals surface area contributed by atoms with Crippen LogP contribution in [-0.2, 0) is 11.2 Å². The molecular weight excluding hydrogens is 263 g/mol. The quantitative estimate of drug-likeness (QED) is 0.850. The van der Waals surface area contributed by atoms with Gasteiger partial charge < -0.3 is 5.11 Å². The maximum atomic E-state index is 12.7. The highest BCUT2D eigenvalue weighted by atomic mass is 32.2. The molecule has 0 amide bonds. The number of hydrogen-bond acceptors (Lipinski definition) is 3. The van der Waals surface area contributed by atoms with Crippen LogP contribution in [0.15, 0.2) is 53.4 Å². The Balaban J connectivity index is 1.84. The minimum atomic E-state index is -0.278. The number of phenolic OH excluding ortho intramolecular Hbond substituents is 1. The summed E-state index contributed by atoms with van der Waals surface area (Å²) in [4.78, 5) is 12.7. The van der Waals surface area contributed by atoms with Crippen LogP contribution >= 0.6 is 11.8 Å². The Labute approximate surface area is 115 Å². The smallest absolute Gasteiger partial charge is 0.147 e. The van der Waals surface area contributed by atoms with Gasteiger partial charge in [-0.25, -0.2) is 4.39 Å². The lowest BCUT2D eigenvalue weighted by atomic mass is 10.1. The van der Waals surface area contributed by atoms with E-state index in [4.69, 9.17) is 5.11 Å². The van der Waals surface area contributed by atoms with E-state index in [1.807, 2.05) is 0 Å². The van der Waals surface area contributed by atoms with E-state index in [1.54, 1.807) is 36.4 Å². The van der Waals surface area contributed by atoms with Crippen molar-refractivity contribution in [2.24, 2.45) is 0 Å². The number of ketones is 1. The van der Waals surface area contributed by atoms with Crippen molar-refractivity contribution in [1.82, 2.24) is 0 Å². The van der Waals surface area contributed by atoms with Gasteiger partial charge in [0.25, 0.3) is 0 Å². The standard InChI is InChI=1S/C15H13FO2S/c16-12-3-7-15(8-4-12)19-10-14(18)9-11-1-5-13(17)6-2-11/h1-8,17H,9-10H2. The van der Waals surface area contributed by atoms with Crippen molar-refractivity contribution < 1.29 is 14.3 Å². The lowest BCUT2D eigenvalue weighted by molar-refractivity contribution is -0.116. The third-order valence-electron chi connectivity index (χ3n) is 2.55. The molecule has 2 aromatic carbocycles. The van der Waals surface area contributed by atoms with Gasteiger partial charge in [-0.3, -0.25) is 4.79 Å². The fourth-order valence-electron chi connectivity index (χ4n) is 1.59. The molecule has 2 rings (SSSR count). The molecule has 4 heteroatoms. The van der Waals surface area contributed by atoms with Crippen molar-refractivity contribution in [2.75, 3.05) is 5.75 Å². The van der Waals surface area contributed by atoms with E-state index in [0.717, 1.165) is 10.5 Å². The molecular formula is C15H13FO2S. The number of carbonyl (C=O) groups excluding carboxylic acids is 1. The van der Waals surface area contributed by atoms with E-state index in [1.165, 1.54) is 23.9 Å². The Hall–Kier alpha value is -1.81. The Bertz CT molecular complexity index is 549. The number of phenols is 1. The molecule has 0 aliphatic heterocycles. The highest BCUT2D eigenvalue weighted by Gasteiger charge is 2.05. The van der Waals surface area contributed by atoms with Crippen LogP contribution in [0, 0.1) is 5.82 Å². The number of thioether (sulfide) groups is 1. The van der Waals surface area contributed by atoms with Gasteiger partial charge in [-0.15, -0.1) is 11.8 Å². The van der Waals surface area contributed by atoms with Crippen molar-refractivity contribution in [3.05, 3.63) is 59.9 Å². The molecule has 0 aromatic heterocycles. The Kier molecular flexibility index (Phi) is 4.58. The Morgan fingerprint density at radius 2 is 1.68 bits per heavy atom. The van der Waals surface area contributed by atoms with Gasteiger partial charge in [-0.2, -0.15) is 0 Å². The number of carbonyl (C=O) groups is 1. The Morgan fingerprint density at radius 1 is 1.05 bits per heavy atom. The molecule has 2 aromatic rings. The van der Waals surface area contributed by atoms with E-state index in [9.17, 15) is 9.18 Å². The maximum absolute atomic E-state index is 12.7. The molecule has 0 fully saturated rings. The van der Waals surface area contributed by atoms with Crippen LogP contribution in [0.1, 0.15) is 5.56 Å². The van der Waals surface area contributed by atoms with E-state index >= 15 is 0 Å². The summed E-state index contributed by atoms with van der Waals surface area (Å²) in [6.45, 7) is 0. The predicted molar refractivity (Wildman–Crippen MR) is 73.9 cm³/mol. The molecule has 0 aliphatic rings. The van der Waals surface area contributed by atoms with Gasteiger partial charge in [0.1, 0.15) is 17.3 Å². The van der Waals surface area contributed by atoms with Crippen LogP contribution in [-0.4, -0.2) is 16.6 Å². The first-order valence-electron chi connectivity index (χ1n) is 5.81. The predicted octanol–water partition coefficient (Wildman–Crippen LogP) is 3.44. The van der Waals surface area contributed by atoms with Gasteiger partial charge in [-0.05, 0) is 42.0 Å². The summed E-state index contributed by atoms with van der Waals surface area (Å²) < 4.78 is 12.7. The SMILES string of the molecule is O=C(CSc1ccc(F)cc1)Cc1ccc(O)cc1. The van der Waals surface area contributed by atoms with Crippen LogP contribution in [0.5, 0.6) is 5.75 Å². The second kappa shape index (κ2) is 6.38. The number of rotatable bonds is 5. The monoisotopic (exact) mass is 276 g/mol. The highest BCUT2D eigenvalue weighted by molar-refractivity contribution is 8.00. The topological polar surface area (TPSA) is 37.3 Å². The fourth-order valence-corrected chi connectivity index (χ4v) is 2.35. The first-order chi connectivity index (χ1) is 9.13. The second-order valence-corrected chi connectivity index (χ2v) is 5.17. The molecule has 0 saturated carbocycles. The van der Waals surface area contributed by atoms with Crippen molar-refractivity contribution in [1.29, 1.82) is 0 Å². The van der Waals surface area contributed by atoms with E-state index in [-0.39, 0.29) is 17.3 Å². The summed E-state index contributed by atoms with van der Waals surface area (Å²) >= 11 is 1.39. The minimum absolute atomic E-state index is 0.0972. The fraction of sp³-hybridized carbons (Fsp3) is 0.133. The zero-order valence-corrected chi connectivity index (χ0v) is 11.0. The largest absolute Gasteiger partial charge is 0.508 e. The van der Waals surface area contributed by atoms with Crippen LogP contribution in [0.3, 0.4) is 0 Å². The van der Waals surface area contributed by atoms with E-state index < -0.39 is 0 Å². The molecule has 19 heavy (non-hydrogen) atoms. The highest BCUT2D eigenvalue weighted by Crippen LogP contribution is 2.19. The van der Waals surface area contributed by atoms with Crippen LogP contribution in [0.25, 0.3) is 0 Å². The number of benzene rings is 2. The summed E-state index contributed by atoms with van der Waals surface area (Å²) in [6.07, 6.45) is 0.342. The number of aromatic hydroxyl groups is 1. The molecule has 0 saturated heterocycles. The molecule has 98 valence electrons. The summed E-state index contributed by atoms with van der Waals surface area (Å²) in [5.74, 6) is 0.364. The van der Waals surface area contributed by atoms with Crippen LogP contribution in [0.4, 0.5) is 4.39 Å². The summed E-state index contributed by atoms with van der Waals surface area (Å²) in [5.41, 5.74) is 0.877. The normalized spacial score (nSPS) is 10.4. The van der Waals surface area contributed by atoms with Gasteiger partial charge in [0.15, 0.2) is 0 Å². The van der Waals surface area contributed by atoms with Crippen LogP contribution < -0.4 is 0 Å². The summed E-state index contributed by atoms with van der Waals surface area (Å²) in [7, 11) is 0. The zero-order valence-electron chi connectivity index (χ0n) is 10.2. The molecule has 0 radical (unpaired) electrons. The number of halogens is 1. The molecule has 0 heterocycles. The summed E-state index contributed by atoms with van der Waals surface area (Å²) in [5, 5.41) is 9.15. The Morgan fingerprint density at radius 3 is 2.32 bits per heavy atom. The van der Waals surface area contributed by atoms with Crippen molar-refractivity contribution >= 4 is 17.5 Å². The van der Waals surface area contributed by atoms with Gasteiger partial charge >= 0.3 is 0 Å².